The summed E-state index contributed by atoms with van der Waals surface area (Å²) in [5.41, 5.74) is 8.34. The third kappa shape index (κ3) is 4.49. The third-order valence-corrected chi connectivity index (χ3v) is 2.80. The smallest absolute Gasteiger partial charge is 0.184 e. The molecule has 2 aromatic rings. The Labute approximate surface area is 131 Å². The maximum Gasteiger partial charge on any atom is 0.184 e. The molecular weight excluding hydrogens is 308 g/mol. The molecule has 2 aromatic carbocycles. The molecule has 22 heavy (non-hydrogen) atoms. The Morgan fingerprint density at radius 1 is 1.18 bits per heavy atom. The van der Waals surface area contributed by atoms with E-state index in [0.717, 1.165) is 5.56 Å². The first-order valence-electron chi connectivity index (χ1n) is 6.30. The fraction of sp³-hybridized carbons (Fsp3) is 0.0667. The molecule has 0 fully saturated rings. The van der Waals surface area contributed by atoms with Crippen molar-refractivity contribution in [1.82, 2.24) is 5.43 Å². The Morgan fingerprint density at radius 2 is 1.82 bits per heavy atom. The lowest BCUT2D eigenvalue weighted by atomic mass is 10.2. The van der Waals surface area contributed by atoms with Gasteiger partial charge in [-0.2, -0.15) is 5.10 Å². The lowest BCUT2D eigenvalue weighted by Gasteiger charge is -2.08. The summed E-state index contributed by atoms with van der Waals surface area (Å²) < 4.78 is 32.3. The molecule has 114 valence electrons. The average molecular weight is 321 g/mol. The van der Waals surface area contributed by atoms with E-state index in [-0.39, 0.29) is 17.3 Å². The van der Waals surface area contributed by atoms with Crippen molar-refractivity contribution in [3.63, 3.8) is 0 Å². The van der Waals surface area contributed by atoms with Gasteiger partial charge < -0.3 is 10.5 Å². The average Bonchev–Trinajstić information content (AvgIpc) is 2.48. The van der Waals surface area contributed by atoms with Crippen LogP contribution in [-0.4, -0.2) is 11.3 Å². The maximum absolute atomic E-state index is 13.5. The van der Waals surface area contributed by atoms with Crippen molar-refractivity contribution in [2.24, 2.45) is 10.8 Å². The van der Waals surface area contributed by atoms with Crippen LogP contribution in [0.25, 0.3) is 0 Å². The number of benzene rings is 2. The van der Waals surface area contributed by atoms with Gasteiger partial charge in [0.05, 0.1) is 11.8 Å². The molecule has 0 aromatic heterocycles. The number of nitrogens with zero attached hydrogens (tertiary/aromatic N) is 1. The summed E-state index contributed by atoms with van der Waals surface area (Å²) in [7, 11) is 0. The minimum atomic E-state index is -0.632. The van der Waals surface area contributed by atoms with Crippen molar-refractivity contribution < 1.29 is 13.5 Å². The molecule has 2 rings (SSSR count). The largest absolute Gasteiger partial charge is 0.489 e. The predicted octanol–water partition coefficient (Wildman–Crippen LogP) is 2.71. The molecule has 0 atom stereocenters. The first kappa shape index (κ1) is 15.8. The second-order valence-electron chi connectivity index (χ2n) is 4.29. The molecule has 0 aliphatic heterocycles. The fourth-order valence-electron chi connectivity index (χ4n) is 1.65. The summed E-state index contributed by atoms with van der Waals surface area (Å²) in [5.74, 6) is -0.776. The van der Waals surface area contributed by atoms with Gasteiger partial charge in [-0.05, 0) is 54.2 Å². The molecule has 0 aliphatic rings. The van der Waals surface area contributed by atoms with Crippen LogP contribution < -0.4 is 15.9 Å². The number of nitrogens with one attached hydrogen (secondary N) is 1. The van der Waals surface area contributed by atoms with Crippen LogP contribution in [0.3, 0.4) is 0 Å². The van der Waals surface area contributed by atoms with Crippen molar-refractivity contribution >= 4 is 23.5 Å². The van der Waals surface area contributed by atoms with Crippen LogP contribution in [0, 0.1) is 11.6 Å². The molecule has 7 heteroatoms. The van der Waals surface area contributed by atoms with Gasteiger partial charge in [-0.3, -0.25) is 5.43 Å². The van der Waals surface area contributed by atoms with E-state index in [1.807, 2.05) is 0 Å². The summed E-state index contributed by atoms with van der Waals surface area (Å²) in [6, 6.07) is 10.5. The van der Waals surface area contributed by atoms with Gasteiger partial charge in [-0.25, -0.2) is 8.78 Å². The SMILES string of the molecule is NC(=S)NN=Cc1ccc(OCc2c(F)cccc2F)cc1. The second-order valence-corrected chi connectivity index (χ2v) is 4.73. The number of ether oxygens (including phenoxy) is 1. The Balaban J connectivity index is 1.97. The van der Waals surface area contributed by atoms with Crippen LogP contribution in [0.5, 0.6) is 5.75 Å². The normalized spacial score (nSPS) is 10.6. The van der Waals surface area contributed by atoms with Gasteiger partial charge in [0.15, 0.2) is 5.11 Å². The Kier molecular flexibility index (Phi) is 5.37. The molecule has 0 heterocycles. The van der Waals surface area contributed by atoms with Crippen molar-refractivity contribution in [1.29, 1.82) is 0 Å². The quantitative estimate of drug-likeness (QED) is 0.505. The van der Waals surface area contributed by atoms with Crippen LogP contribution in [0.4, 0.5) is 8.78 Å². The molecular formula is C15H13F2N3OS. The molecule has 0 saturated carbocycles. The highest BCUT2D eigenvalue weighted by atomic mass is 32.1. The van der Waals surface area contributed by atoms with E-state index in [2.05, 4.69) is 22.7 Å². The van der Waals surface area contributed by atoms with Crippen molar-refractivity contribution in [3.8, 4) is 5.75 Å². The predicted molar refractivity (Wildman–Crippen MR) is 84.6 cm³/mol. The van der Waals surface area contributed by atoms with E-state index in [9.17, 15) is 8.78 Å². The highest BCUT2D eigenvalue weighted by molar-refractivity contribution is 7.80. The van der Waals surface area contributed by atoms with Crippen LogP contribution in [0.1, 0.15) is 11.1 Å². The Morgan fingerprint density at radius 3 is 2.41 bits per heavy atom. The van der Waals surface area contributed by atoms with Gasteiger partial charge in [-0.15, -0.1) is 0 Å². The van der Waals surface area contributed by atoms with Gasteiger partial charge >= 0.3 is 0 Å². The molecule has 0 bridgehead atoms. The third-order valence-electron chi connectivity index (χ3n) is 2.71. The number of thiocarbonyl (C=S) groups is 1. The van der Waals surface area contributed by atoms with Gasteiger partial charge in [0.25, 0.3) is 0 Å². The molecule has 0 amide bonds. The first-order chi connectivity index (χ1) is 10.6. The van der Waals surface area contributed by atoms with E-state index >= 15 is 0 Å². The summed E-state index contributed by atoms with van der Waals surface area (Å²) in [6.07, 6.45) is 1.53. The highest BCUT2D eigenvalue weighted by Gasteiger charge is 2.08. The maximum atomic E-state index is 13.5. The van der Waals surface area contributed by atoms with E-state index in [1.54, 1.807) is 24.3 Å². The Bertz CT molecular complexity index is 669. The van der Waals surface area contributed by atoms with Crippen LogP contribution in [0.2, 0.25) is 0 Å². The molecule has 3 N–H and O–H groups in total. The number of nitrogens with two attached hydrogens (primary N) is 1. The number of halogens is 2. The zero-order valence-electron chi connectivity index (χ0n) is 11.4. The van der Waals surface area contributed by atoms with Crippen molar-refractivity contribution in [3.05, 3.63) is 65.2 Å². The van der Waals surface area contributed by atoms with Crippen LogP contribution >= 0.6 is 12.2 Å². The van der Waals surface area contributed by atoms with E-state index in [1.165, 1.54) is 24.4 Å². The fourth-order valence-corrected chi connectivity index (χ4v) is 1.70. The zero-order chi connectivity index (χ0) is 15.9. The summed E-state index contributed by atoms with van der Waals surface area (Å²) in [4.78, 5) is 0. The van der Waals surface area contributed by atoms with Gasteiger partial charge in [0, 0.05) is 0 Å². The Hall–Kier alpha value is -2.54. The first-order valence-corrected chi connectivity index (χ1v) is 6.71. The molecule has 0 unspecified atom stereocenters. The van der Waals surface area contributed by atoms with E-state index < -0.39 is 11.6 Å². The lowest BCUT2D eigenvalue weighted by molar-refractivity contribution is 0.292. The second kappa shape index (κ2) is 7.46. The molecule has 4 nitrogen and oxygen atoms in total. The van der Waals surface area contributed by atoms with Gasteiger partial charge in [0.1, 0.15) is 24.0 Å². The number of hydrogen-bond donors (Lipinski definition) is 2. The number of hydrazone groups is 1. The summed E-state index contributed by atoms with van der Waals surface area (Å²) in [5, 5.41) is 3.88. The van der Waals surface area contributed by atoms with E-state index in [4.69, 9.17) is 10.5 Å². The van der Waals surface area contributed by atoms with Gasteiger partial charge in [-0.1, -0.05) is 6.07 Å². The minimum Gasteiger partial charge on any atom is -0.489 e. The summed E-state index contributed by atoms with van der Waals surface area (Å²) in [6.45, 7) is -0.186. The molecule has 0 radical (unpaired) electrons. The van der Waals surface area contributed by atoms with Crippen molar-refractivity contribution in [2.75, 3.05) is 0 Å². The van der Waals surface area contributed by atoms with Crippen molar-refractivity contribution in [2.45, 2.75) is 6.61 Å². The molecule has 0 aliphatic carbocycles. The lowest BCUT2D eigenvalue weighted by Crippen LogP contribution is -2.23. The standard InChI is InChI=1S/C15H13F2N3OS/c16-13-2-1-3-14(17)12(13)9-21-11-6-4-10(5-7-11)8-19-20-15(18)22/h1-8H,9H2,(H3,18,20,22). The zero-order valence-corrected chi connectivity index (χ0v) is 12.2. The number of hydrogen-bond acceptors (Lipinski definition) is 3. The highest BCUT2D eigenvalue weighted by Crippen LogP contribution is 2.17. The van der Waals surface area contributed by atoms with Crippen LogP contribution in [-0.2, 0) is 6.61 Å². The van der Waals surface area contributed by atoms with Gasteiger partial charge in [0.2, 0.25) is 0 Å². The molecule has 0 spiro atoms. The van der Waals surface area contributed by atoms with Crippen LogP contribution in [0.15, 0.2) is 47.6 Å². The topological polar surface area (TPSA) is 59.6 Å². The number of rotatable bonds is 5. The molecule has 0 saturated heterocycles. The monoisotopic (exact) mass is 321 g/mol. The minimum absolute atomic E-state index is 0.0723. The summed E-state index contributed by atoms with van der Waals surface area (Å²) >= 11 is 4.61. The van der Waals surface area contributed by atoms with E-state index in [0.29, 0.717) is 5.75 Å².